The zero-order valence-corrected chi connectivity index (χ0v) is 19.5. The number of halogens is 1. The number of hydrogen-bond donors (Lipinski definition) is 3. The van der Waals surface area contributed by atoms with Gasteiger partial charge in [0, 0.05) is 40.6 Å². The predicted molar refractivity (Wildman–Crippen MR) is 136 cm³/mol. The highest BCUT2D eigenvalue weighted by Gasteiger charge is 2.20. The lowest BCUT2D eigenvalue weighted by molar-refractivity contribution is -0.134. The van der Waals surface area contributed by atoms with Crippen molar-refractivity contribution in [3.63, 3.8) is 0 Å². The van der Waals surface area contributed by atoms with Crippen LogP contribution in [0.4, 0.5) is 4.39 Å². The summed E-state index contributed by atoms with van der Waals surface area (Å²) in [5.74, 6) is -2.48. The highest BCUT2D eigenvalue weighted by molar-refractivity contribution is 6.17. The van der Waals surface area contributed by atoms with Gasteiger partial charge in [-0.25, -0.2) is 9.18 Å². The van der Waals surface area contributed by atoms with Crippen molar-refractivity contribution in [3.05, 3.63) is 93.9 Å². The third kappa shape index (κ3) is 4.67. The molecule has 5 aromatic rings. The quantitative estimate of drug-likeness (QED) is 0.229. The maximum atomic E-state index is 15.1. The molecular weight excluding hydrogens is 465 g/mol. The lowest BCUT2D eigenvalue weighted by atomic mass is 9.91. The molecule has 0 bridgehead atoms. The number of carbonyl (C=O) groups is 2. The molecule has 0 radical (unpaired) electrons. The average molecular weight is 487 g/mol. The van der Waals surface area contributed by atoms with E-state index in [1.165, 1.54) is 24.3 Å². The Hall–Kier alpha value is -4.56. The number of fused-ring (bicyclic) bond motifs is 4. The van der Waals surface area contributed by atoms with E-state index < -0.39 is 17.8 Å². The van der Waals surface area contributed by atoms with Crippen molar-refractivity contribution >= 4 is 44.6 Å². The molecule has 5 rings (SSSR count). The SMILES string of the molecule is CC(=O)O.CNCc1ccc2c(-c3ccccc3C(=O)O)c3cc(F)c4cc(=O)ccc4c3oc2c1. The van der Waals surface area contributed by atoms with E-state index in [-0.39, 0.29) is 16.4 Å². The summed E-state index contributed by atoms with van der Waals surface area (Å²) < 4.78 is 21.4. The summed E-state index contributed by atoms with van der Waals surface area (Å²) in [4.78, 5) is 32.8. The number of carboxylic acid groups (broad SMARTS) is 2. The highest BCUT2D eigenvalue weighted by Crippen LogP contribution is 2.41. The number of carboxylic acids is 2. The molecule has 36 heavy (non-hydrogen) atoms. The molecule has 0 unspecified atom stereocenters. The van der Waals surface area contributed by atoms with Crippen LogP contribution in [0.15, 0.2) is 75.9 Å². The fraction of sp³-hybridized carbons (Fsp3) is 0.107. The van der Waals surface area contributed by atoms with Gasteiger partial charge in [-0.05, 0) is 54.6 Å². The topological polar surface area (TPSA) is 117 Å². The molecule has 182 valence electrons. The van der Waals surface area contributed by atoms with E-state index >= 15 is 4.39 Å². The maximum absolute atomic E-state index is 15.1. The van der Waals surface area contributed by atoms with Crippen LogP contribution in [0, 0.1) is 5.82 Å². The summed E-state index contributed by atoms with van der Waals surface area (Å²) in [6, 6.07) is 17.8. The monoisotopic (exact) mass is 487 g/mol. The molecule has 0 spiro atoms. The standard InChI is InChI=1S/C26H18FNO4.C2H4O2/c1-28-13-14-6-8-19-23(10-14)32-25-17-9-7-15(29)11-20(17)22(27)12-21(25)24(19)16-4-2-3-5-18(16)26(30)31;1-2(3)4/h2-12,28H,13H2,1H3,(H,30,31);1H3,(H,3,4). The predicted octanol–water partition coefficient (Wildman–Crippen LogP) is 5.41. The minimum atomic E-state index is -1.08. The second-order valence-corrected chi connectivity index (χ2v) is 8.15. The Morgan fingerprint density at radius 2 is 1.61 bits per heavy atom. The lowest BCUT2D eigenvalue weighted by Crippen LogP contribution is -2.05. The van der Waals surface area contributed by atoms with E-state index in [1.54, 1.807) is 24.3 Å². The van der Waals surface area contributed by atoms with Gasteiger partial charge in [-0.1, -0.05) is 30.3 Å². The van der Waals surface area contributed by atoms with Gasteiger partial charge < -0.3 is 19.9 Å². The summed E-state index contributed by atoms with van der Waals surface area (Å²) >= 11 is 0. The molecule has 0 saturated heterocycles. The van der Waals surface area contributed by atoms with Gasteiger partial charge in [0.1, 0.15) is 17.0 Å². The molecule has 3 N–H and O–H groups in total. The van der Waals surface area contributed by atoms with Gasteiger partial charge in [0.25, 0.3) is 5.97 Å². The number of nitrogens with one attached hydrogen (secondary N) is 1. The fourth-order valence-electron chi connectivity index (χ4n) is 4.23. The van der Waals surface area contributed by atoms with Gasteiger partial charge in [-0.15, -0.1) is 0 Å². The van der Waals surface area contributed by atoms with E-state index in [4.69, 9.17) is 14.3 Å². The van der Waals surface area contributed by atoms with Crippen LogP contribution >= 0.6 is 0 Å². The second kappa shape index (κ2) is 9.97. The summed E-state index contributed by atoms with van der Waals surface area (Å²) in [7, 11) is 1.84. The number of rotatable bonds is 4. The molecule has 0 atom stereocenters. The molecule has 1 heterocycles. The van der Waals surface area contributed by atoms with Gasteiger partial charge in [0.2, 0.25) is 0 Å². The van der Waals surface area contributed by atoms with Crippen molar-refractivity contribution in [1.82, 2.24) is 5.32 Å². The number of aromatic carboxylic acids is 1. The molecule has 1 aromatic heterocycles. The maximum Gasteiger partial charge on any atom is 0.336 e. The molecule has 0 aliphatic heterocycles. The average Bonchev–Trinajstić information content (AvgIpc) is 2.83. The third-order valence-electron chi connectivity index (χ3n) is 5.61. The third-order valence-corrected chi connectivity index (χ3v) is 5.61. The van der Waals surface area contributed by atoms with E-state index in [2.05, 4.69) is 5.32 Å². The molecule has 0 aliphatic carbocycles. The van der Waals surface area contributed by atoms with Gasteiger partial charge in [0.15, 0.2) is 5.43 Å². The minimum absolute atomic E-state index is 0.107. The van der Waals surface area contributed by atoms with Crippen molar-refractivity contribution in [3.8, 4) is 11.1 Å². The van der Waals surface area contributed by atoms with Crippen LogP contribution in [0.2, 0.25) is 0 Å². The zero-order valence-electron chi connectivity index (χ0n) is 19.5. The van der Waals surface area contributed by atoms with E-state index in [0.29, 0.717) is 45.0 Å². The summed E-state index contributed by atoms with van der Waals surface area (Å²) in [6.07, 6.45) is 0. The first-order chi connectivity index (χ1) is 17.2. The van der Waals surface area contributed by atoms with Crippen LogP contribution in [0.5, 0.6) is 0 Å². The van der Waals surface area contributed by atoms with Crippen LogP contribution in [0.3, 0.4) is 0 Å². The number of hydrogen-bond acceptors (Lipinski definition) is 5. The van der Waals surface area contributed by atoms with Crippen LogP contribution in [0.1, 0.15) is 22.8 Å². The molecule has 7 nitrogen and oxygen atoms in total. The van der Waals surface area contributed by atoms with Crippen molar-refractivity contribution in [1.29, 1.82) is 0 Å². The highest BCUT2D eigenvalue weighted by atomic mass is 19.1. The molecule has 0 aliphatic rings. The zero-order chi connectivity index (χ0) is 26.0. The van der Waals surface area contributed by atoms with Gasteiger partial charge in [0.05, 0.1) is 5.56 Å². The number of benzene rings is 4. The molecule has 4 aromatic carbocycles. The van der Waals surface area contributed by atoms with Gasteiger partial charge >= 0.3 is 5.97 Å². The Bertz CT molecular complexity index is 1700. The fourth-order valence-corrected chi connectivity index (χ4v) is 4.23. The van der Waals surface area contributed by atoms with E-state index in [0.717, 1.165) is 12.5 Å². The Kier molecular flexibility index (Phi) is 6.80. The van der Waals surface area contributed by atoms with Crippen molar-refractivity contribution in [2.24, 2.45) is 0 Å². The smallest absolute Gasteiger partial charge is 0.336 e. The lowest BCUT2D eigenvalue weighted by Gasteiger charge is -2.15. The minimum Gasteiger partial charge on any atom is -0.481 e. The largest absolute Gasteiger partial charge is 0.481 e. The normalized spacial score (nSPS) is 10.9. The Morgan fingerprint density at radius 3 is 2.31 bits per heavy atom. The molecular formula is C28H22FNO6. The summed E-state index contributed by atoms with van der Waals surface area (Å²) in [6.45, 7) is 1.70. The van der Waals surface area contributed by atoms with Crippen LogP contribution in [0.25, 0.3) is 43.8 Å². The van der Waals surface area contributed by atoms with Gasteiger partial charge in [-0.2, -0.15) is 0 Å². The van der Waals surface area contributed by atoms with Crippen LogP contribution in [-0.2, 0) is 11.3 Å². The van der Waals surface area contributed by atoms with Crippen LogP contribution in [-0.4, -0.2) is 29.2 Å². The second-order valence-electron chi connectivity index (χ2n) is 8.15. The molecule has 0 saturated carbocycles. The molecule has 8 heteroatoms. The van der Waals surface area contributed by atoms with Crippen molar-refractivity contribution in [2.45, 2.75) is 13.5 Å². The first kappa shape index (κ1) is 24.6. The summed E-state index contributed by atoms with van der Waals surface area (Å²) in [5.41, 5.74) is 2.76. The van der Waals surface area contributed by atoms with Crippen LogP contribution < -0.4 is 10.7 Å². The Morgan fingerprint density at radius 1 is 0.917 bits per heavy atom. The van der Waals surface area contributed by atoms with Gasteiger partial charge in [-0.3, -0.25) is 9.59 Å². The van der Waals surface area contributed by atoms with Crippen molar-refractivity contribution < 1.29 is 28.6 Å². The summed E-state index contributed by atoms with van der Waals surface area (Å²) in [5, 5.41) is 22.0. The van der Waals surface area contributed by atoms with E-state index in [1.807, 2.05) is 25.2 Å². The molecule has 0 amide bonds. The molecule has 0 fully saturated rings. The first-order valence-corrected chi connectivity index (χ1v) is 11.0. The Balaban J connectivity index is 0.000000709. The van der Waals surface area contributed by atoms with Crippen molar-refractivity contribution in [2.75, 3.05) is 7.05 Å². The Labute approximate surface area is 204 Å². The van der Waals surface area contributed by atoms with E-state index in [9.17, 15) is 14.7 Å². The first-order valence-electron chi connectivity index (χ1n) is 11.0. The number of aliphatic carboxylic acids is 1.